The van der Waals surface area contributed by atoms with Gasteiger partial charge in [0.2, 0.25) is 0 Å². The number of aliphatic hydroxyl groups excluding tert-OH is 1. The van der Waals surface area contributed by atoms with Crippen molar-refractivity contribution < 1.29 is 43.1 Å². The number of aryl methyl sites for hydroxylation is 6. The van der Waals surface area contributed by atoms with E-state index in [2.05, 4.69) is 116 Å². The Morgan fingerprint density at radius 3 is 1.62 bits per heavy atom. The lowest BCUT2D eigenvalue weighted by Crippen LogP contribution is -2.55. The SMILES string of the molecule is Brc1ccc2c(n1)CCCC2.CC(=O)OCc1nc2c(nc1N1CCC3(CC1)CO[C@@H](C)[C@H]3NC(=O)OC(C)(C)C)CN=C2N1CCCc2nc(-c3ccnn3C3CCCCO3)ccc21.C[C@@H]1OCC2(CCN(c3nc4c(nc3CO)C(N3CCCc5nc(-c6ccn[nH]6)ccc53)=NC4)CC2)[C@@H]1N.c1cc(-c2ccc3c(n2)CCCC3)n(C2CCCCO2)n1. The summed E-state index contributed by atoms with van der Waals surface area (Å²) in [5, 5.41) is 29.5. The van der Waals surface area contributed by atoms with Crippen LogP contribution in [0.25, 0.3) is 34.2 Å². The number of ether oxygens (including phenoxy) is 6. The van der Waals surface area contributed by atoms with E-state index in [0.717, 1.165) is 238 Å². The molecule has 654 valence electrons. The number of amidine groups is 2. The molecular formula is C92H115BrN22O9. The number of halogens is 1. The minimum atomic E-state index is -0.592. The van der Waals surface area contributed by atoms with E-state index in [0.29, 0.717) is 55.7 Å². The smallest absolute Gasteiger partial charge is 0.407 e. The Hall–Kier alpha value is -10.1. The van der Waals surface area contributed by atoms with Crippen LogP contribution in [0.4, 0.5) is 27.8 Å². The number of carbonyl (C=O) groups excluding carboxylic acids is 2. The molecule has 6 atom stereocenters. The van der Waals surface area contributed by atoms with Gasteiger partial charge in [-0.1, -0.05) is 12.1 Å². The molecule has 31 nitrogen and oxygen atoms in total. The molecule has 2 spiro atoms. The highest BCUT2D eigenvalue weighted by Crippen LogP contribution is 2.46. The third-order valence-electron chi connectivity index (χ3n) is 26.6. The number of anilines is 4. The quantitative estimate of drug-likeness (QED) is 0.0690. The Labute approximate surface area is 732 Å². The lowest BCUT2D eigenvalue weighted by atomic mass is 9.73. The Bertz CT molecular complexity index is 5390. The van der Waals surface area contributed by atoms with Crippen LogP contribution >= 0.6 is 15.9 Å². The van der Waals surface area contributed by atoms with Gasteiger partial charge >= 0.3 is 12.1 Å². The van der Waals surface area contributed by atoms with E-state index in [1.807, 2.05) is 73.7 Å². The normalized spacial score (nSPS) is 22.8. The third kappa shape index (κ3) is 18.0. The highest BCUT2D eigenvalue weighted by Gasteiger charge is 2.52. The summed E-state index contributed by atoms with van der Waals surface area (Å²) in [6, 6.07) is 22.8. The minimum Gasteiger partial charge on any atom is -0.459 e. The van der Waals surface area contributed by atoms with Crippen LogP contribution in [-0.4, -0.2) is 194 Å². The number of fused-ring (bicyclic) bond motifs is 6. The Kier molecular flexibility index (Phi) is 25.2. The number of nitrogens with two attached hydrogens (primary N) is 1. The third-order valence-corrected chi connectivity index (χ3v) is 27.0. The molecule has 32 heteroatoms. The zero-order valence-electron chi connectivity index (χ0n) is 72.2. The fourth-order valence-corrected chi connectivity index (χ4v) is 20.2. The van der Waals surface area contributed by atoms with Crippen molar-refractivity contribution in [2.45, 2.75) is 251 Å². The second-order valence-electron chi connectivity index (χ2n) is 35.9. The van der Waals surface area contributed by atoms with E-state index in [1.165, 1.54) is 74.4 Å². The van der Waals surface area contributed by atoms with Gasteiger partial charge in [-0.15, -0.1) is 0 Å². The predicted octanol–water partition coefficient (Wildman–Crippen LogP) is 13.2. The number of aliphatic hydroxyl groups is 1. The summed E-state index contributed by atoms with van der Waals surface area (Å²) in [7, 11) is 0. The number of aliphatic imine (C=N–C) groups is 2. The number of rotatable bonds is 11. The molecule has 0 bridgehead atoms. The number of carbonyl (C=O) groups is 2. The topological polar surface area (TPSA) is 353 Å². The maximum Gasteiger partial charge on any atom is 0.407 e. The Balaban J connectivity index is 0.000000128. The molecule has 1 amide bonds. The van der Waals surface area contributed by atoms with Gasteiger partial charge in [-0.25, -0.2) is 49.0 Å². The number of nitrogens with one attached hydrogen (secondary N) is 2. The molecule has 12 aliphatic rings. The number of H-pyrrole nitrogens is 1. The van der Waals surface area contributed by atoms with Gasteiger partial charge < -0.3 is 64.2 Å². The molecule has 6 saturated heterocycles. The average molecular weight is 1750 g/mol. The predicted molar refractivity (Wildman–Crippen MR) is 473 cm³/mol. The standard InChI is InChI=1S/C39H51N9O6.C27H33N9O2.C17H21N3O.C9H10BrN/c1-24-34(45-37(50)54-38(3,4)5)39(23-53-24)14-18-46(19-15-39)35-29(22-52-25(2)49)43-33-28(44-35)21-40-36(33)47-17-8-9-26-30(47)12-11-27(42-26)31-13-16-41-48(31)32-10-6-7-20-51-32;1-16-24(28)27(15-38-16)7-11-35(12-8-27)25-21(14-37)32-23-20(33-25)13-29-26(23)36-10-2-3-19-22(36)5-4-17(31-19)18-6-9-30-34-18;1-2-6-14-13(5-1)8-9-15(19-14)16-10-11-18-20(16)17-7-3-4-12-21-17;10-9-6-5-7-3-1-2-4-8(7)11-9/h11-13,16,24,32,34H,6-10,14-15,17-23H2,1-5H3,(H,45,50);4-6,9,16,24,37H,2-3,7-8,10-15,28H2,1H3,(H,30,34);8-11,17H,1-7,12H2;5-6H,1-4H2/t24-,32?,34+;16-,24+;;/m00../s1. The van der Waals surface area contributed by atoms with Crippen LogP contribution in [0.2, 0.25) is 0 Å². The molecule has 5 N–H and O–H groups in total. The summed E-state index contributed by atoms with van der Waals surface area (Å²) in [6.07, 6.45) is 28.4. The summed E-state index contributed by atoms with van der Waals surface area (Å²) < 4.78 is 40.0. The molecular weight excluding hydrogens is 1640 g/mol. The molecule has 21 rings (SSSR count). The number of aromatic nitrogens is 14. The molecule has 0 aromatic carbocycles. The maximum atomic E-state index is 12.8. The van der Waals surface area contributed by atoms with Crippen molar-refractivity contribution in [3.05, 3.63) is 158 Å². The molecule has 10 aliphatic heterocycles. The van der Waals surface area contributed by atoms with Crippen LogP contribution in [0.3, 0.4) is 0 Å². The van der Waals surface area contributed by atoms with Crippen LogP contribution in [-0.2, 0) is 98.0 Å². The molecule has 2 unspecified atom stereocenters. The van der Waals surface area contributed by atoms with E-state index < -0.39 is 11.7 Å². The largest absolute Gasteiger partial charge is 0.459 e. The average Bonchev–Trinajstić information content (AvgIpc) is 1.57. The monoisotopic (exact) mass is 1750 g/mol. The summed E-state index contributed by atoms with van der Waals surface area (Å²) in [5.74, 6) is 2.66. The number of nitrogens with zero attached hydrogens (tertiary/aromatic N) is 19. The minimum absolute atomic E-state index is 0.00271. The molecule has 0 saturated carbocycles. The van der Waals surface area contributed by atoms with Crippen molar-refractivity contribution in [2.24, 2.45) is 26.5 Å². The van der Waals surface area contributed by atoms with Crippen molar-refractivity contribution in [1.82, 2.24) is 74.9 Å². The molecule has 0 radical (unpaired) electrons. The van der Waals surface area contributed by atoms with Crippen LogP contribution in [0.1, 0.15) is 225 Å². The number of alkyl carbamates (subject to hydrolysis) is 1. The number of pyridine rings is 4. The fourth-order valence-electron chi connectivity index (χ4n) is 19.9. The zero-order chi connectivity index (χ0) is 85.2. The first-order valence-electron chi connectivity index (χ1n) is 44.9. The van der Waals surface area contributed by atoms with Gasteiger partial charge in [0.05, 0.1) is 119 Å². The highest BCUT2D eigenvalue weighted by molar-refractivity contribution is 9.10. The Morgan fingerprint density at radius 1 is 0.556 bits per heavy atom. The number of hydrogen-bond donors (Lipinski definition) is 4. The van der Waals surface area contributed by atoms with E-state index in [4.69, 9.17) is 79.0 Å². The Morgan fingerprint density at radius 2 is 1.07 bits per heavy atom. The lowest BCUT2D eigenvalue weighted by Gasteiger charge is -2.43. The van der Waals surface area contributed by atoms with Crippen molar-refractivity contribution >= 4 is 62.7 Å². The summed E-state index contributed by atoms with van der Waals surface area (Å²) in [5.41, 5.74) is 25.3. The van der Waals surface area contributed by atoms with E-state index >= 15 is 0 Å². The highest BCUT2D eigenvalue weighted by atomic mass is 79.9. The summed E-state index contributed by atoms with van der Waals surface area (Å²) in [6.45, 7) is 19.2. The van der Waals surface area contributed by atoms with Crippen LogP contribution in [0.15, 0.2) is 99.9 Å². The van der Waals surface area contributed by atoms with E-state index in [1.54, 1.807) is 6.20 Å². The number of esters is 1. The van der Waals surface area contributed by atoms with Gasteiger partial charge in [-0.05, 0) is 258 Å². The fraction of sp³-hybridized carbons (Fsp3) is 0.554. The van der Waals surface area contributed by atoms with E-state index in [9.17, 15) is 14.7 Å². The van der Waals surface area contributed by atoms with E-state index in [-0.39, 0.29) is 66.8 Å². The molecule has 124 heavy (non-hydrogen) atoms. The molecule has 9 aromatic rings. The van der Waals surface area contributed by atoms with Crippen molar-refractivity contribution in [2.75, 3.05) is 85.3 Å². The lowest BCUT2D eigenvalue weighted by molar-refractivity contribution is -0.142. The van der Waals surface area contributed by atoms with Crippen LogP contribution in [0, 0.1) is 10.8 Å². The number of piperidine rings is 2. The number of hydrogen-bond acceptors (Lipinski definition) is 27. The molecule has 19 heterocycles. The van der Waals surface area contributed by atoms with Gasteiger partial charge in [-0.2, -0.15) is 15.3 Å². The van der Waals surface area contributed by atoms with Crippen molar-refractivity contribution in [3.63, 3.8) is 0 Å². The number of aromatic amines is 1. The molecule has 2 aliphatic carbocycles. The van der Waals surface area contributed by atoms with Gasteiger partial charge in [0.15, 0.2) is 35.8 Å². The maximum absolute atomic E-state index is 12.8. The zero-order valence-corrected chi connectivity index (χ0v) is 73.8. The van der Waals surface area contributed by atoms with Crippen LogP contribution < -0.4 is 30.7 Å². The van der Waals surface area contributed by atoms with Gasteiger partial charge in [0, 0.05) is 106 Å². The van der Waals surface area contributed by atoms with Gasteiger partial charge in [0.25, 0.3) is 0 Å². The second-order valence-corrected chi connectivity index (χ2v) is 36.7. The summed E-state index contributed by atoms with van der Waals surface area (Å²) >= 11 is 3.38. The summed E-state index contributed by atoms with van der Waals surface area (Å²) in [4.78, 5) is 83.2. The first-order valence-corrected chi connectivity index (χ1v) is 45.7. The first-order chi connectivity index (χ1) is 60.3. The van der Waals surface area contributed by atoms with Gasteiger partial charge in [-0.3, -0.25) is 24.9 Å². The van der Waals surface area contributed by atoms with Gasteiger partial charge in [0.1, 0.15) is 39.6 Å². The van der Waals surface area contributed by atoms with Crippen molar-refractivity contribution in [1.29, 1.82) is 0 Å². The first kappa shape index (κ1) is 84.7. The van der Waals surface area contributed by atoms with Crippen molar-refractivity contribution in [3.8, 4) is 34.2 Å². The molecule has 9 aromatic heterocycles. The molecule has 6 fully saturated rings. The van der Waals surface area contributed by atoms with Crippen LogP contribution in [0.5, 0.6) is 0 Å². The number of amides is 1. The second kappa shape index (κ2) is 36.8.